The first-order valence-corrected chi connectivity index (χ1v) is 6.50. The van der Waals surface area contributed by atoms with E-state index in [1.807, 2.05) is 6.08 Å². The van der Waals surface area contributed by atoms with Gasteiger partial charge in [-0.1, -0.05) is 19.4 Å². The number of ketones is 1. The van der Waals surface area contributed by atoms with Crippen molar-refractivity contribution in [3.05, 3.63) is 12.7 Å². The zero-order chi connectivity index (χ0) is 14.0. The lowest BCUT2D eigenvalue weighted by molar-refractivity contribution is -0.141. The van der Waals surface area contributed by atoms with Crippen LogP contribution < -0.4 is 0 Å². The third kappa shape index (κ3) is 8.93. The summed E-state index contributed by atoms with van der Waals surface area (Å²) in [5.74, 6) is -1.44. The normalized spacial score (nSPS) is 13.9. The van der Waals surface area contributed by atoms with Gasteiger partial charge < -0.3 is 10.2 Å². The van der Waals surface area contributed by atoms with Gasteiger partial charge >= 0.3 is 5.97 Å². The number of rotatable bonds is 11. The van der Waals surface area contributed by atoms with Gasteiger partial charge in [0.15, 0.2) is 0 Å². The molecule has 0 aliphatic rings. The van der Waals surface area contributed by atoms with E-state index in [0.717, 1.165) is 19.3 Å². The van der Waals surface area contributed by atoms with Crippen molar-refractivity contribution in [3.63, 3.8) is 0 Å². The molecule has 0 saturated heterocycles. The second-order valence-corrected chi connectivity index (χ2v) is 4.75. The van der Waals surface area contributed by atoms with Gasteiger partial charge in [0.2, 0.25) is 0 Å². The fraction of sp³-hybridized carbons (Fsp3) is 0.714. The Balaban J connectivity index is 3.67. The van der Waals surface area contributed by atoms with E-state index in [2.05, 4.69) is 6.58 Å². The van der Waals surface area contributed by atoms with Gasteiger partial charge in [-0.3, -0.25) is 9.59 Å². The number of carboxylic acid groups (broad SMARTS) is 1. The summed E-state index contributed by atoms with van der Waals surface area (Å²) in [4.78, 5) is 22.1. The van der Waals surface area contributed by atoms with Crippen LogP contribution in [0.4, 0.5) is 0 Å². The predicted molar refractivity (Wildman–Crippen MR) is 70.3 cm³/mol. The van der Waals surface area contributed by atoms with Crippen LogP contribution in [-0.4, -0.2) is 28.1 Å². The highest BCUT2D eigenvalue weighted by Gasteiger charge is 2.15. The van der Waals surface area contributed by atoms with Crippen LogP contribution in [0, 0.1) is 5.92 Å². The zero-order valence-corrected chi connectivity index (χ0v) is 11.1. The van der Waals surface area contributed by atoms with E-state index in [-0.39, 0.29) is 18.6 Å². The predicted octanol–water partition coefficient (Wildman–Crippen LogP) is 2.55. The van der Waals surface area contributed by atoms with Crippen LogP contribution in [0.2, 0.25) is 0 Å². The topological polar surface area (TPSA) is 74.6 Å². The Hall–Kier alpha value is -1.16. The number of aliphatic hydroxyl groups is 1. The van der Waals surface area contributed by atoms with Crippen molar-refractivity contribution in [2.24, 2.45) is 5.92 Å². The van der Waals surface area contributed by atoms with E-state index < -0.39 is 18.0 Å². The second-order valence-electron chi connectivity index (χ2n) is 4.75. The third-order valence-electron chi connectivity index (χ3n) is 2.94. The molecule has 4 heteroatoms. The number of aliphatic carboxylic acids is 1. The van der Waals surface area contributed by atoms with Gasteiger partial charge in [-0.05, 0) is 25.7 Å². The van der Waals surface area contributed by atoms with Gasteiger partial charge in [-0.25, -0.2) is 0 Å². The Bertz CT molecular complexity index is 273. The number of allylic oxidation sites excluding steroid dienone is 1. The van der Waals surface area contributed by atoms with Gasteiger partial charge in [0.05, 0.1) is 12.0 Å². The van der Waals surface area contributed by atoms with Gasteiger partial charge in [-0.2, -0.15) is 0 Å². The van der Waals surface area contributed by atoms with Crippen LogP contribution in [0.3, 0.4) is 0 Å². The van der Waals surface area contributed by atoms with Gasteiger partial charge in [0.25, 0.3) is 0 Å². The molecule has 0 aromatic heterocycles. The standard InChI is InChI=1S/C14H24O4/c1-3-4-5-6-7-12(15)10-13(16)9-8-11(2)14(17)18/h3,11-12,15H,1,4-10H2,2H3,(H,17,18). The highest BCUT2D eigenvalue weighted by molar-refractivity contribution is 5.79. The summed E-state index contributed by atoms with van der Waals surface area (Å²) in [6.07, 6.45) is 5.36. The molecule has 18 heavy (non-hydrogen) atoms. The lowest BCUT2D eigenvalue weighted by Crippen LogP contribution is -2.16. The maximum absolute atomic E-state index is 11.5. The monoisotopic (exact) mass is 256 g/mol. The number of Topliss-reactive ketones (excluding diaryl/α,β-unsaturated/α-hetero) is 1. The summed E-state index contributed by atoms with van der Waals surface area (Å²) in [5, 5.41) is 18.3. The molecule has 0 aliphatic heterocycles. The molecule has 4 nitrogen and oxygen atoms in total. The molecule has 2 unspecified atom stereocenters. The van der Waals surface area contributed by atoms with E-state index in [0.29, 0.717) is 12.8 Å². The van der Waals surface area contributed by atoms with Crippen LogP contribution in [0.15, 0.2) is 12.7 Å². The average molecular weight is 256 g/mol. The highest BCUT2D eigenvalue weighted by Crippen LogP contribution is 2.11. The third-order valence-corrected chi connectivity index (χ3v) is 2.94. The molecule has 0 saturated carbocycles. The van der Waals surface area contributed by atoms with Gasteiger partial charge in [-0.15, -0.1) is 6.58 Å². The van der Waals surface area contributed by atoms with Gasteiger partial charge in [0.1, 0.15) is 5.78 Å². The van der Waals surface area contributed by atoms with Crippen molar-refractivity contribution >= 4 is 11.8 Å². The average Bonchev–Trinajstić information content (AvgIpc) is 2.31. The molecular formula is C14H24O4. The number of carboxylic acids is 1. The molecule has 0 heterocycles. The summed E-state index contributed by atoms with van der Waals surface area (Å²) in [7, 11) is 0. The molecule has 0 rings (SSSR count). The number of hydrogen-bond donors (Lipinski definition) is 2. The first kappa shape index (κ1) is 16.8. The minimum Gasteiger partial charge on any atom is -0.481 e. The Morgan fingerprint density at radius 2 is 1.94 bits per heavy atom. The van der Waals surface area contributed by atoms with Crippen molar-refractivity contribution in [3.8, 4) is 0 Å². The van der Waals surface area contributed by atoms with Crippen molar-refractivity contribution in [1.29, 1.82) is 0 Å². The van der Waals surface area contributed by atoms with Crippen molar-refractivity contribution in [2.45, 2.75) is 58.0 Å². The molecule has 0 spiro atoms. The number of carbonyl (C=O) groups is 2. The maximum Gasteiger partial charge on any atom is 0.306 e. The van der Waals surface area contributed by atoms with E-state index in [1.54, 1.807) is 6.92 Å². The van der Waals surface area contributed by atoms with Crippen molar-refractivity contribution in [1.82, 2.24) is 0 Å². The Labute approximate surface area is 109 Å². The van der Waals surface area contributed by atoms with E-state index in [4.69, 9.17) is 5.11 Å². The number of unbranched alkanes of at least 4 members (excludes halogenated alkanes) is 2. The maximum atomic E-state index is 11.5. The summed E-state index contributed by atoms with van der Waals surface area (Å²) in [6.45, 7) is 5.20. The summed E-state index contributed by atoms with van der Waals surface area (Å²) >= 11 is 0. The first-order chi connectivity index (χ1) is 8.47. The zero-order valence-electron chi connectivity index (χ0n) is 11.1. The minimum atomic E-state index is -0.882. The molecule has 0 aromatic rings. The molecule has 0 aliphatic carbocycles. The van der Waals surface area contributed by atoms with Crippen LogP contribution in [0.1, 0.15) is 51.9 Å². The molecular weight excluding hydrogens is 232 g/mol. The van der Waals surface area contributed by atoms with E-state index >= 15 is 0 Å². The molecule has 0 radical (unpaired) electrons. The van der Waals surface area contributed by atoms with Crippen LogP contribution in [-0.2, 0) is 9.59 Å². The fourth-order valence-corrected chi connectivity index (χ4v) is 1.64. The van der Waals surface area contributed by atoms with E-state index in [9.17, 15) is 14.7 Å². The lowest BCUT2D eigenvalue weighted by Gasteiger charge is -2.10. The largest absolute Gasteiger partial charge is 0.481 e. The number of hydrogen-bond acceptors (Lipinski definition) is 3. The lowest BCUT2D eigenvalue weighted by atomic mass is 9.99. The Morgan fingerprint density at radius 3 is 2.50 bits per heavy atom. The molecule has 0 fully saturated rings. The molecule has 0 aromatic carbocycles. The first-order valence-electron chi connectivity index (χ1n) is 6.50. The van der Waals surface area contributed by atoms with Gasteiger partial charge in [0, 0.05) is 12.8 Å². The molecule has 0 bridgehead atoms. The fourth-order valence-electron chi connectivity index (χ4n) is 1.64. The Kier molecular flexibility index (Phi) is 9.19. The smallest absolute Gasteiger partial charge is 0.306 e. The summed E-state index contributed by atoms with van der Waals surface area (Å²) < 4.78 is 0. The van der Waals surface area contributed by atoms with E-state index in [1.165, 1.54) is 0 Å². The molecule has 0 amide bonds. The van der Waals surface area contributed by atoms with Crippen LogP contribution in [0.25, 0.3) is 0 Å². The number of aliphatic hydroxyl groups excluding tert-OH is 1. The molecule has 104 valence electrons. The van der Waals surface area contributed by atoms with Crippen molar-refractivity contribution in [2.75, 3.05) is 0 Å². The van der Waals surface area contributed by atoms with Crippen LogP contribution in [0.5, 0.6) is 0 Å². The van der Waals surface area contributed by atoms with Crippen molar-refractivity contribution < 1.29 is 19.8 Å². The Morgan fingerprint density at radius 1 is 1.28 bits per heavy atom. The van der Waals surface area contributed by atoms with Crippen LogP contribution >= 0.6 is 0 Å². The summed E-state index contributed by atoms with van der Waals surface area (Å²) in [5.41, 5.74) is 0. The number of carbonyl (C=O) groups excluding carboxylic acids is 1. The minimum absolute atomic E-state index is 0.0562. The molecule has 2 N–H and O–H groups in total. The quantitative estimate of drug-likeness (QED) is 0.440. The highest BCUT2D eigenvalue weighted by atomic mass is 16.4. The SMILES string of the molecule is C=CCCCCC(O)CC(=O)CCC(C)C(=O)O. The molecule has 2 atom stereocenters. The summed E-state index contributed by atoms with van der Waals surface area (Å²) in [6, 6.07) is 0. The second kappa shape index (κ2) is 9.83.